The molecule has 0 radical (unpaired) electrons. The van der Waals surface area contributed by atoms with E-state index in [-0.39, 0.29) is 30.3 Å². The Hall–Kier alpha value is -0.540. The third-order valence-electron chi connectivity index (χ3n) is 2.81. The van der Waals surface area contributed by atoms with Gasteiger partial charge in [-0.25, -0.2) is 0 Å². The first kappa shape index (κ1) is 9.55. The molecule has 1 fully saturated rings. The van der Waals surface area contributed by atoms with E-state index in [9.17, 15) is 4.79 Å². The standard InChI is InChI=1S/C8H11NO2.ClH/c9-7-5-2-1-4(3-5)6(7)8(10)11;/h1-2,4-7H,3,9H2,(H,10,11);1H. The number of carboxylic acid groups (broad SMARTS) is 1. The highest BCUT2D eigenvalue weighted by atomic mass is 35.5. The Morgan fingerprint density at radius 3 is 2.33 bits per heavy atom. The average Bonchev–Trinajstić information content (AvgIpc) is 2.44. The Morgan fingerprint density at radius 2 is 2.00 bits per heavy atom. The van der Waals surface area contributed by atoms with Gasteiger partial charge in [-0.2, -0.15) is 0 Å². The van der Waals surface area contributed by atoms with Crippen molar-refractivity contribution in [2.45, 2.75) is 12.5 Å². The van der Waals surface area contributed by atoms with Gasteiger partial charge in [-0.05, 0) is 18.3 Å². The van der Waals surface area contributed by atoms with Crippen molar-refractivity contribution in [1.29, 1.82) is 0 Å². The molecule has 0 aromatic rings. The number of hydrogen-bond acceptors (Lipinski definition) is 2. The molecule has 2 aliphatic rings. The van der Waals surface area contributed by atoms with E-state index in [1.807, 2.05) is 6.08 Å². The van der Waals surface area contributed by atoms with Gasteiger partial charge in [0.15, 0.2) is 0 Å². The van der Waals surface area contributed by atoms with E-state index in [0.717, 1.165) is 6.42 Å². The molecule has 3 N–H and O–H groups in total. The highest BCUT2D eigenvalue weighted by Crippen LogP contribution is 2.42. The van der Waals surface area contributed by atoms with Crippen molar-refractivity contribution in [3.05, 3.63) is 12.2 Å². The van der Waals surface area contributed by atoms with E-state index in [2.05, 4.69) is 6.08 Å². The molecule has 4 heteroatoms. The molecule has 0 aromatic carbocycles. The van der Waals surface area contributed by atoms with Crippen molar-refractivity contribution in [1.82, 2.24) is 0 Å². The highest BCUT2D eigenvalue weighted by molar-refractivity contribution is 5.85. The molecule has 0 saturated heterocycles. The van der Waals surface area contributed by atoms with E-state index in [4.69, 9.17) is 10.8 Å². The van der Waals surface area contributed by atoms with Crippen molar-refractivity contribution < 1.29 is 9.90 Å². The molecule has 3 nitrogen and oxygen atoms in total. The first-order valence-electron chi connectivity index (χ1n) is 3.87. The number of carboxylic acids is 1. The van der Waals surface area contributed by atoms with Crippen molar-refractivity contribution in [3.63, 3.8) is 0 Å². The smallest absolute Gasteiger partial charge is 0.308 e. The summed E-state index contributed by atoms with van der Waals surface area (Å²) >= 11 is 0. The summed E-state index contributed by atoms with van der Waals surface area (Å²) in [5, 5.41) is 8.79. The van der Waals surface area contributed by atoms with Gasteiger partial charge in [0.05, 0.1) is 5.92 Å². The number of nitrogens with two attached hydrogens (primary N) is 1. The number of hydrogen-bond donors (Lipinski definition) is 2. The van der Waals surface area contributed by atoms with Crippen LogP contribution >= 0.6 is 12.4 Å². The van der Waals surface area contributed by atoms with Crippen LogP contribution in [0.5, 0.6) is 0 Å². The molecule has 12 heavy (non-hydrogen) atoms. The van der Waals surface area contributed by atoms with Crippen LogP contribution in [0.4, 0.5) is 0 Å². The summed E-state index contributed by atoms with van der Waals surface area (Å²) in [4.78, 5) is 10.7. The lowest BCUT2D eigenvalue weighted by atomic mass is 9.90. The van der Waals surface area contributed by atoms with Gasteiger partial charge in [0, 0.05) is 6.04 Å². The number of aliphatic carboxylic acids is 1. The molecule has 4 unspecified atom stereocenters. The fourth-order valence-corrected chi connectivity index (χ4v) is 2.21. The zero-order valence-electron chi connectivity index (χ0n) is 6.51. The summed E-state index contributed by atoms with van der Waals surface area (Å²) in [5.74, 6) is -0.548. The topological polar surface area (TPSA) is 63.3 Å². The molecule has 2 aliphatic carbocycles. The van der Waals surface area contributed by atoms with Crippen molar-refractivity contribution in [2.75, 3.05) is 0 Å². The molecule has 0 aliphatic heterocycles. The number of fused-ring (bicyclic) bond motifs is 2. The van der Waals surface area contributed by atoms with Gasteiger partial charge in [0.25, 0.3) is 0 Å². The average molecular weight is 190 g/mol. The molecule has 0 amide bonds. The number of rotatable bonds is 1. The van der Waals surface area contributed by atoms with Gasteiger partial charge in [0.1, 0.15) is 0 Å². The largest absolute Gasteiger partial charge is 0.481 e. The quantitative estimate of drug-likeness (QED) is 0.596. The summed E-state index contributed by atoms with van der Waals surface area (Å²) in [6, 6.07) is -0.150. The zero-order chi connectivity index (χ0) is 8.01. The van der Waals surface area contributed by atoms with E-state index >= 15 is 0 Å². The molecular formula is C8H12ClNO2. The fourth-order valence-electron chi connectivity index (χ4n) is 2.21. The van der Waals surface area contributed by atoms with Gasteiger partial charge < -0.3 is 10.8 Å². The second-order valence-corrected chi connectivity index (χ2v) is 3.39. The molecule has 0 aromatic heterocycles. The molecule has 4 atom stereocenters. The van der Waals surface area contributed by atoms with Crippen LogP contribution in [-0.4, -0.2) is 17.1 Å². The second kappa shape index (κ2) is 3.07. The summed E-state index contributed by atoms with van der Waals surface area (Å²) in [6.45, 7) is 0. The minimum Gasteiger partial charge on any atom is -0.481 e. The fraction of sp³-hybridized carbons (Fsp3) is 0.625. The number of carbonyl (C=O) groups is 1. The van der Waals surface area contributed by atoms with Gasteiger partial charge >= 0.3 is 5.97 Å². The Morgan fingerprint density at radius 1 is 1.42 bits per heavy atom. The maximum atomic E-state index is 10.7. The predicted molar refractivity (Wildman–Crippen MR) is 47.1 cm³/mol. The lowest BCUT2D eigenvalue weighted by Gasteiger charge is -2.19. The summed E-state index contributed by atoms with van der Waals surface area (Å²) in [5.41, 5.74) is 5.73. The molecule has 68 valence electrons. The number of allylic oxidation sites excluding steroid dienone is 1. The zero-order valence-corrected chi connectivity index (χ0v) is 7.33. The molecule has 2 bridgehead atoms. The lowest BCUT2D eigenvalue weighted by molar-refractivity contribution is -0.143. The normalized spacial score (nSPS) is 42.8. The van der Waals surface area contributed by atoms with Crippen LogP contribution in [0.15, 0.2) is 12.2 Å². The van der Waals surface area contributed by atoms with Crippen molar-refractivity contribution >= 4 is 18.4 Å². The summed E-state index contributed by atoms with van der Waals surface area (Å²) in [7, 11) is 0. The Bertz CT molecular complexity index is 229. The SMILES string of the molecule is Cl.NC1C2C=CC(C2)C1C(=O)O. The summed E-state index contributed by atoms with van der Waals surface area (Å²) < 4.78 is 0. The van der Waals surface area contributed by atoms with Gasteiger partial charge in [-0.1, -0.05) is 12.2 Å². The van der Waals surface area contributed by atoms with E-state index in [1.165, 1.54) is 0 Å². The third-order valence-corrected chi connectivity index (χ3v) is 2.81. The van der Waals surface area contributed by atoms with Gasteiger partial charge in [0.2, 0.25) is 0 Å². The molecule has 1 saturated carbocycles. The Labute approximate surface area is 77.0 Å². The lowest BCUT2D eigenvalue weighted by Crippen LogP contribution is -2.38. The maximum Gasteiger partial charge on any atom is 0.308 e. The molecular weight excluding hydrogens is 178 g/mol. The highest BCUT2D eigenvalue weighted by Gasteiger charge is 2.46. The second-order valence-electron chi connectivity index (χ2n) is 3.39. The first-order chi connectivity index (χ1) is 5.20. The predicted octanol–water partition coefficient (Wildman–Crippen LogP) is 0.642. The van der Waals surface area contributed by atoms with Crippen LogP contribution in [0.3, 0.4) is 0 Å². The Kier molecular flexibility index (Phi) is 2.44. The van der Waals surface area contributed by atoms with E-state index in [0.29, 0.717) is 5.92 Å². The number of halogens is 1. The van der Waals surface area contributed by atoms with Gasteiger partial charge in [-0.15, -0.1) is 12.4 Å². The van der Waals surface area contributed by atoms with Gasteiger partial charge in [-0.3, -0.25) is 4.79 Å². The van der Waals surface area contributed by atoms with Crippen molar-refractivity contribution in [2.24, 2.45) is 23.5 Å². The maximum absolute atomic E-state index is 10.7. The van der Waals surface area contributed by atoms with Crippen LogP contribution < -0.4 is 5.73 Å². The molecule has 0 spiro atoms. The van der Waals surface area contributed by atoms with Crippen molar-refractivity contribution in [3.8, 4) is 0 Å². The van der Waals surface area contributed by atoms with Crippen LogP contribution in [0.1, 0.15) is 6.42 Å². The third kappa shape index (κ3) is 1.13. The summed E-state index contributed by atoms with van der Waals surface area (Å²) in [6.07, 6.45) is 4.99. The van der Waals surface area contributed by atoms with E-state index in [1.54, 1.807) is 0 Å². The first-order valence-corrected chi connectivity index (χ1v) is 3.87. The Balaban J connectivity index is 0.000000720. The van der Waals surface area contributed by atoms with E-state index < -0.39 is 5.97 Å². The van der Waals surface area contributed by atoms with Crippen LogP contribution in [0, 0.1) is 17.8 Å². The van der Waals surface area contributed by atoms with Crippen LogP contribution in [0.25, 0.3) is 0 Å². The van der Waals surface area contributed by atoms with Crippen LogP contribution in [-0.2, 0) is 4.79 Å². The minimum absolute atomic E-state index is 0. The molecule has 0 heterocycles. The van der Waals surface area contributed by atoms with Crippen LogP contribution in [0.2, 0.25) is 0 Å². The monoisotopic (exact) mass is 189 g/mol. The minimum atomic E-state index is -0.741. The molecule has 2 rings (SSSR count).